The molecule has 0 fully saturated rings. The molecule has 4 aromatic heterocycles. The molecule has 0 unspecified atom stereocenters. The van der Waals surface area contributed by atoms with E-state index in [0.29, 0.717) is 6.26 Å². The smallest absolute Gasteiger partial charge is 0.305 e. The zero-order chi connectivity index (χ0) is 30.7. The van der Waals surface area contributed by atoms with Crippen molar-refractivity contribution in [3.8, 4) is 0 Å². The van der Waals surface area contributed by atoms with E-state index in [-0.39, 0.29) is 0 Å². The lowest BCUT2D eigenvalue weighted by Gasteiger charge is -2.46. The summed E-state index contributed by atoms with van der Waals surface area (Å²) in [6, 6.07) is 34.0. The van der Waals surface area contributed by atoms with Crippen molar-refractivity contribution in [1.29, 1.82) is 0 Å². The average Bonchev–Trinajstić information content (AvgIpc) is 3.77. The third-order valence-corrected chi connectivity index (χ3v) is 9.38. The van der Waals surface area contributed by atoms with Gasteiger partial charge in [-0.25, -0.2) is 46.7 Å². The van der Waals surface area contributed by atoms with Gasteiger partial charge < -0.3 is 4.55 Å². The normalized spacial score (nSPS) is 15.3. The Kier molecular flexibility index (Phi) is 4.08. The Balaban J connectivity index is 0.000000490. The van der Waals surface area contributed by atoms with Crippen LogP contribution in [0.3, 0.4) is 0 Å². The molecule has 0 saturated carbocycles. The van der Waals surface area contributed by atoms with Crippen molar-refractivity contribution >= 4 is 76.5 Å². The van der Waals surface area contributed by atoms with Gasteiger partial charge in [-0.3, -0.25) is 0 Å². The topological polar surface area (TPSA) is 126 Å². The Bertz CT molecular complexity index is 2760. The third kappa shape index (κ3) is 2.61. The Morgan fingerprint density at radius 1 is 0.457 bits per heavy atom. The number of nitrogens with zero attached hydrogens (tertiary/aromatic N) is 8. The summed E-state index contributed by atoms with van der Waals surface area (Å²) < 4.78 is 36.6. The van der Waals surface area contributed by atoms with Crippen molar-refractivity contribution in [2.75, 3.05) is 6.26 Å². The second kappa shape index (κ2) is 7.68. The summed E-state index contributed by atoms with van der Waals surface area (Å²) in [5, 5.41) is 8.67. The molecule has 0 bridgehead atoms. The largest absolute Gasteiger partial charge is 0.748 e. The minimum Gasteiger partial charge on any atom is -0.748 e. The van der Waals surface area contributed by atoms with E-state index in [1.54, 1.807) is 0 Å². The Morgan fingerprint density at radius 2 is 0.674 bits per heavy atom. The lowest BCUT2D eigenvalue weighted by molar-refractivity contribution is 0.0969. The molecule has 4 aromatic carbocycles. The van der Waals surface area contributed by atoms with Gasteiger partial charge in [-0.1, -0.05) is 97.1 Å². The maximum Gasteiger partial charge on any atom is 0.305 e. The summed E-state index contributed by atoms with van der Waals surface area (Å²) in [5.41, 5.74) is 3.59. The van der Waals surface area contributed by atoms with Crippen molar-refractivity contribution in [2.45, 2.75) is 5.91 Å². The molecule has 0 amide bonds. The van der Waals surface area contributed by atoms with Crippen LogP contribution in [0.1, 0.15) is 0 Å². The van der Waals surface area contributed by atoms with Gasteiger partial charge in [0.25, 0.3) is 0 Å². The van der Waals surface area contributed by atoms with E-state index in [0.717, 1.165) is 88.3 Å². The zero-order valence-electron chi connectivity index (χ0n) is 23.9. The SMILES string of the molecule is CS(=O)(=O)[O-].c1ccc2c3n4c(c2c1)N=c1c2ccccc2c2n1C41n4c(c5ccccc5c4N=c4c5ccccc5c(n41)=N3)N=2. The van der Waals surface area contributed by atoms with Crippen molar-refractivity contribution in [1.82, 2.24) is 18.3 Å². The van der Waals surface area contributed by atoms with Gasteiger partial charge in [-0.2, -0.15) is 0 Å². The molecule has 0 N–H and O–H groups in total. The molecule has 0 saturated heterocycles. The van der Waals surface area contributed by atoms with E-state index < -0.39 is 16.0 Å². The molecule has 11 nitrogen and oxygen atoms in total. The summed E-state index contributed by atoms with van der Waals surface area (Å²) in [6.45, 7) is 0. The van der Waals surface area contributed by atoms with Gasteiger partial charge in [0.15, 0.2) is 0 Å². The minimum atomic E-state index is -3.92. The molecule has 1 spiro atoms. The van der Waals surface area contributed by atoms with Crippen molar-refractivity contribution in [3.05, 3.63) is 119 Å². The van der Waals surface area contributed by atoms with Gasteiger partial charge >= 0.3 is 5.91 Å². The average molecular weight is 620 g/mol. The molecule has 8 aromatic rings. The van der Waals surface area contributed by atoms with Crippen LogP contribution >= 0.6 is 0 Å². The van der Waals surface area contributed by atoms with Gasteiger partial charge in [-0.15, -0.1) is 0 Å². The highest BCUT2D eigenvalue weighted by Gasteiger charge is 2.55. The minimum absolute atomic E-state index is 0.604. The van der Waals surface area contributed by atoms with Gasteiger partial charge in [0.05, 0.1) is 10.1 Å². The van der Waals surface area contributed by atoms with Crippen LogP contribution in [0.5, 0.6) is 0 Å². The highest BCUT2D eigenvalue weighted by atomic mass is 32.2. The molecule has 220 valence electrons. The summed E-state index contributed by atoms with van der Waals surface area (Å²) in [5.74, 6) is 2.67. The summed E-state index contributed by atoms with van der Waals surface area (Å²) >= 11 is 0. The van der Waals surface area contributed by atoms with Crippen LogP contribution in [-0.2, 0) is 16.0 Å². The summed E-state index contributed by atoms with van der Waals surface area (Å²) in [6.07, 6.45) is 0.604. The first-order valence-corrected chi connectivity index (χ1v) is 16.5. The predicted octanol–water partition coefficient (Wildman–Crippen LogP) is 3.94. The van der Waals surface area contributed by atoms with Crippen LogP contribution in [0, 0.1) is 0 Å². The van der Waals surface area contributed by atoms with Crippen molar-refractivity contribution in [2.24, 2.45) is 20.0 Å². The van der Waals surface area contributed by atoms with E-state index in [2.05, 4.69) is 115 Å². The zero-order valence-corrected chi connectivity index (χ0v) is 24.8. The third-order valence-electron chi connectivity index (χ3n) is 9.38. The van der Waals surface area contributed by atoms with E-state index in [1.165, 1.54) is 0 Å². The van der Waals surface area contributed by atoms with Crippen molar-refractivity contribution in [3.63, 3.8) is 0 Å². The van der Waals surface area contributed by atoms with Crippen LogP contribution in [0.4, 0.5) is 23.3 Å². The van der Waals surface area contributed by atoms with Gasteiger partial charge in [0.1, 0.15) is 45.2 Å². The Morgan fingerprint density at radius 3 is 0.913 bits per heavy atom. The van der Waals surface area contributed by atoms with Crippen LogP contribution in [0.25, 0.3) is 43.1 Å². The molecular formula is C34H19N8O3S-. The highest BCUT2D eigenvalue weighted by Crippen LogP contribution is 2.52. The van der Waals surface area contributed by atoms with Crippen LogP contribution < -0.4 is 22.0 Å². The monoisotopic (exact) mass is 619 g/mol. The lowest BCUT2D eigenvalue weighted by atomic mass is 10.2. The molecule has 0 radical (unpaired) electrons. The fourth-order valence-electron chi connectivity index (χ4n) is 7.88. The molecule has 46 heavy (non-hydrogen) atoms. The predicted molar refractivity (Wildman–Crippen MR) is 171 cm³/mol. The van der Waals surface area contributed by atoms with E-state index in [4.69, 9.17) is 32.9 Å². The summed E-state index contributed by atoms with van der Waals surface area (Å²) in [4.78, 5) is 21.7. The van der Waals surface area contributed by atoms with Crippen molar-refractivity contribution < 1.29 is 13.0 Å². The molecule has 12 rings (SSSR count). The van der Waals surface area contributed by atoms with Gasteiger partial charge in [-0.05, 0) is 0 Å². The number of hydrogen-bond donors (Lipinski definition) is 0. The van der Waals surface area contributed by atoms with Crippen LogP contribution in [0.2, 0.25) is 0 Å². The number of fused-ring (bicyclic) bond motifs is 12. The standard InChI is InChI=1S/C33H16N8.CH4O3S/c1-2-10-18-17(9-1)25-34-27-19-11-3-4-12-20(19)29-36-31-23-15-7-8-16-24(23)32-37-30-22-14-6-5-13-21(22)28-35-26(18)38(25)33(39(27)29,40(28)30)41(31)32;1-5(2,3)4/h1-16H;1H3,(H,2,3,4)/p-1. The fraction of sp³-hybridized carbons (Fsp3) is 0.0588. The molecule has 0 atom stereocenters. The highest BCUT2D eigenvalue weighted by molar-refractivity contribution is 7.84. The Hall–Kier alpha value is -5.85. The fourth-order valence-corrected chi connectivity index (χ4v) is 7.88. The quantitative estimate of drug-likeness (QED) is 0.239. The number of rotatable bonds is 0. The number of benzene rings is 4. The maximum atomic E-state index is 9.08. The van der Waals surface area contributed by atoms with Crippen LogP contribution in [0.15, 0.2) is 117 Å². The first-order valence-electron chi connectivity index (χ1n) is 14.7. The van der Waals surface area contributed by atoms with Gasteiger partial charge in [0.2, 0.25) is 0 Å². The maximum absolute atomic E-state index is 9.08. The second-order valence-corrected chi connectivity index (χ2v) is 13.3. The van der Waals surface area contributed by atoms with E-state index in [9.17, 15) is 0 Å². The molecule has 12 heteroatoms. The molecule has 0 aliphatic carbocycles. The lowest BCUT2D eigenvalue weighted by Crippen LogP contribution is -2.68. The summed E-state index contributed by atoms with van der Waals surface area (Å²) in [7, 11) is -3.92. The van der Waals surface area contributed by atoms with E-state index in [1.807, 2.05) is 0 Å². The number of aromatic nitrogens is 4. The second-order valence-electron chi connectivity index (χ2n) is 11.9. The molecular weight excluding hydrogens is 600 g/mol. The molecule has 4 aliphatic rings. The first kappa shape index (κ1) is 24.5. The van der Waals surface area contributed by atoms with Gasteiger partial charge in [0, 0.05) is 49.3 Å². The Labute approximate surface area is 258 Å². The number of hydrogen-bond acceptors (Lipinski definition) is 7. The molecule has 4 aliphatic heterocycles. The van der Waals surface area contributed by atoms with E-state index >= 15 is 0 Å². The first-order chi connectivity index (χ1) is 22.4. The van der Waals surface area contributed by atoms with Crippen LogP contribution in [-0.4, -0.2) is 37.5 Å². The molecule has 8 heterocycles.